The predicted octanol–water partition coefficient (Wildman–Crippen LogP) is 2.92. The summed E-state index contributed by atoms with van der Waals surface area (Å²) >= 11 is 0. The minimum Gasteiger partial charge on any atom is -0.472 e. The third kappa shape index (κ3) is 3.00. The average molecular weight is 348 g/mol. The molecule has 0 aliphatic carbocycles. The smallest absolute Gasteiger partial charge is 0.250 e. The average Bonchev–Trinajstić information content (AvgIpc) is 3.42. The van der Waals surface area contributed by atoms with E-state index in [9.17, 15) is 4.79 Å². The molecule has 8 heteroatoms. The van der Waals surface area contributed by atoms with Crippen LogP contribution < -0.4 is 5.32 Å². The molecule has 1 N–H and O–H groups in total. The van der Waals surface area contributed by atoms with Crippen molar-refractivity contribution >= 4 is 11.7 Å². The molecule has 0 aliphatic heterocycles. The summed E-state index contributed by atoms with van der Waals surface area (Å²) in [5, 5.41) is 11.5. The van der Waals surface area contributed by atoms with Gasteiger partial charge in [-0.2, -0.15) is 10.2 Å². The summed E-state index contributed by atoms with van der Waals surface area (Å²) in [4.78, 5) is 16.5. The minimum atomic E-state index is -0.506. The second-order valence-corrected chi connectivity index (χ2v) is 5.71. The Hall–Kier alpha value is -3.68. The highest BCUT2D eigenvalue weighted by molar-refractivity contribution is 5.93. The van der Waals surface area contributed by atoms with E-state index in [1.807, 2.05) is 42.5 Å². The summed E-state index contributed by atoms with van der Waals surface area (Å²) in [6.45, 7) is 1.75. The number of amides is 1. The third-order valence-corrected chi connectivity index (χ3v) is 3.99. The Morgan fingerprint density at radius 1 is 1.23 bits per heavy atom. The quantitative estimate of drug-likeness (QED) is 0.599. The molecule has 1 atom stereocenters. The van der Waals surface area contributed by atoms with Gasteiger partial charge in [-0.25, -0.2) is 14.3 Å². The number of nitrogens with zero attached hydrogens (tertiary/aromatic N) is 5. The van der Waals surface area contributed by atoms with Crippen molar-refractivity contribution in [2.45, 2.75) is 13.0 Å². The lowest BCUT2D eigenvalue weighted by Gasteiger charge is -2.13. The summed E-state index contributed by atoms with van der Waals surface area (Å²) in [5.74, 6) is 0.343. The van der Waals surface area contributed by atoms with E-state index in [2.05, 4.69) is 20.5 Å². The predicted molar refractivity (Wildman–Crippen MR) is 94.6 cm³/mol. The summed E-state index contributed by atoms with van der Waals surface area (Å²) < 4.78 is 8.32. The summed E-state index contributed by atoms with van der Waals surface area (Å²) in [6.07, 6.45) is 6.11. The molecule has 1 aromatic carbocycles. The zero-order valence-electron chi connectivity index (χ0n) is 14.0. The van der Waals surface area contributed by atoms with Crippen LogP contribution in [-0.4, -0.2) is 30.5 Å². The number of hydrogen-bond donors (Lipinski definition) is 1. The second-order valence-electron chi connectivity index (χ2n) is 5.71. The topological polar surface area (TPSA) is 90.8 Å². The monoisotopic (exact) mass is 348 g/mol. The van der Waals surface area contributed by atoms with Crippen molar-refractivity contribution in [3.8, 4) is 16.9 Å². The fourth-order valence-electron chi connectivity index (χ4n) is 2.56. The van der Waals surface area contributed by atoms with Gasteiger partial charge in [-0.3, -0.25) is 4.79 Å². The number of benzene rings is 1. The van der Waals surface area contributed by atoms with Crippen LogP contribution in [0.3, 0.4) is 0 Å². The number of rotatable bonds is 5. The van der Waals surface area contributed by atoms with E-state index in [1.54, 1.807) is 24.1 Å². The maximum absolute atomic E-state index is 12.6. The van der Waals surface area contributed by atoms with Crippen LogP contribution >= 0.6 is 0 Å². The second kappa shape index (κ2) is 6.67. The summed E-state index contributed by atoms with van der Waals surface area (Å²) in [7, 11) is 0. The fraction of sp³-hybridized carbons (Fsp3) is 0.111. The molecular formula is C18H16N6O2. The van der Waals surface area contributed by atoms with E-state index in [1.165, 1.54) is 17.3 Å². The van der Waals surface area contributed by atoms with Crippen LogP contribution in [0.4, 0.5) is 5.82 Å². The molecule has 8 nitrogen and oxygen atoms in total. The first-order valence-corrected chi connectivity index (χ1v) is 8.05. The molecule has 26 heavy (non-hydrogen) atoms. The molecule has 4 aromatic rings. The first-order chi connectivity index (χ1) is 12.7. The van der Waals surface area contributed by atoms with Crippen molar-refractivity contribution in [2.24, 2.45) is 0 Å². The number of carbonyl (C=O) groups excluding carboxylic acids is 1. The maximum atomic E-state index is 12.6. The molecule has 0 fully saturated rings. The van der Waals surface area contributed by atoms with Gasteiger partial charge in [0.25, 0.3) is 0 Å². The Bertz CT molecular complexity index is 990. The molecule has 3 heterocycles. The third-order valence-electron chi connectivity index (χ3n) is 3.99. The molecule has 3 aromatic heterocycles. The maximum Gasteiger partial charge on any atom is 0.250 e. The van der Waals surface area contributed by atoms with E-state index >= 15 is 0 Å². The minimum absolute atomic E-state index is 0.216. The summed E-state index contributed by atoms with van der Waals surface area (Å²) in [5.41, 5.74) is 2.37. The van der Waals surface area contributed by atoms with Gasteiger partial charge in [0.05, 0.1) is 23.9 Å². The zero-order valence-corrected chi connectivity index (χ0v) is 14.0. The molecule has 4 rings (SSSR count). The van der Waals surface area contributed by atoms with Crippen LogP contribution in [0, 0.1) is 0 Å². The Kier molecular flexibility index (Phi) is 4.06. The van der Waals surface area contributed by atoms with Crippen molar-refractivity contribution in [1.82, 2.24) is 24.5 Å². The van der Waals surface area contributed by atoms with Crippen LogP contribution in [-0.2, 0) is 4.79 Å². The standard InChI is InChI=1S/C18H16N6O2/c1-13(23-12-19-11-20-23)18(25)21-17-9-16(14-7-8-26-10-14)22-24(17)15-5-3-2-4-6-15/h2-13H,1H3,(H,21,25)/t13-/m0/s1. The van der Waals surface area contributed by atoms with Gasteiger partial charge < -0.3 is 9.73 Å². The number of furan rings is 1. The Morgan fingerprint density at radius 3 is 2.77 bits per heavy atom. The molecule has 0 spiro atoms. The Morgan fingerprint density at radius 2 is 2.08 bits per heavy atom. The highest BCUT2D eigenvalue weighted by Gasteiger charge is 2.19. The van der Waals surface area contributed by atoms with Crippen LogP contribution in [0.5, 0.6) is 0 Å². The number of para-hydroxylation sites is 1. The SMILES string of the molecule is C[C@@H](C(=O)Nc1cc(-c2ccoc2)nn1-c1ccccc1)n1cncn1. The molecule has 0 unspecified atom stereocenters. The molecule has 0 saturated heterocycles. The molecule has 0 saturated carbocycles. The van der Waals surface area contributed by atoms with Crippen LogP contribution in [0.2, 0.25) is 0 Å². The van der Waals surface area contributed by atoms with E-state index in [-0.39, 0.29) is 5.91 Å². The van der Waals surface area contributed by atoms with Gasteiger partial charge in [0.1, 0.15) is 24.5 Å². The fourth-order valence-corrected chi connectivity index (χ4v) is 2.56. The van der Waals surface area contributed by atoms with Gasteiger partial charge in [0, 0.05) is 11.6 Å². The lowest BCUT2D eigenvalue weighted by molar-refractivity contribution is -0.119. The van der Waals surface area contributed by atoms with Gasteiger partial charge in [0.15, 0.2) is 0 Å². The number of carbonyl (C=O) groups is 1. The molecule has 0 radical (unpaired) electrons. The number of hydrogen-bond acceptors (Lipinski definition) is 5. The first-order valence-electron chi connectivity index (χ1n) is 8.05. The van der Waals surface area contributed by atoms with E-state index in [0.717, 1.165) is 11.3 Å². The number of anilines is 1. The van der Waals surface area contributed by atoms with E-state index in [0.29, 0.717) is 11.5 Å². The largest absolute Gasteiger partial charge is 0.472 e. The van der Waals surface area contributed by atoms with E-state index < -0.39 is 6.04 Å². The van der Waals surface area contributed by atoms with Gasteiger partial charge in [-0.1, -0.05) is 18.2 Å². The molecule has 0 aliphatic rings. The van der Waals surface area contributed by atoms with Crippen LogP contribution in [0.1, 0.15) is 13.0 Å². The van der Waals surface area contributed by atoms with Crippen molar-refractivity contribution < 1.29 is 9.21 Å². The lowest BCUT2D eigenvalue weighted by atomic mass is 10.2. The highest BCUT2D eigenvalue weighted by Crippen LogP contribution is 2.25. The molecule has 0 bridgehead atoms. The van der Waals surface area contributed by atoms with Crippen molar-refractivity contribution in [3.05, 3.63) is 67.6 Å². The number of aromatic nitrogens is 5. The first kappa shape index (κ1) is 15.8. The number of nitrogens with one attached hydrogen (secondary N) is 1. The van der Waals surface area contributed by atoms with Gasteiger partial charge in [0.2, 0.25) is 5.91 Å². The van der Waals surface area contributed by atoms with Crippen molar-refractivity contribution in [3.63, 3.8) is 0 Å². The van der Waals surface area contributed by atoms with Gasteiger partial charge >= 0.3 is 0 Å². The summed E-state index contributed by atoms with van der Waals surface area (Å²) in [6, 6.07) is 12.7. The van der Waals surface area contributed by atoms with Crippen LogP contribution in [0.15, 0.2) is 72.1 Å². The lowest BCUT2D eigenvalue weighted by Crippen LogP contribution is -2.25. The van der Waals surface area contributed by atoms with E-state index in [4.69, 9.17) is 4.42 Å². The Labute approximate surface area is 149 Å². The normalized spacial score (nSPS) is 12.0. The molecular weight excluding hydrogens is 332 g/mol. The van der Waals surface area contributed by atoms with Crippen molar-refractivity contribution in [2.75, 3.05) is 5.32 Å². The molecule has 130 valence electrons. The van der Waals surface area contributed by atoms with Crippen LogP contribution in [0.25, 0.3) is 16.9 Å². The zero-order chi connectivity index (χ0) is 17.9. The van der Waals surface area contributed by atoms with Gasteiger partial charge in [-0.05, 0) is 25.1 Å². The van der Waals surface area contributed by atoms with Gasteiger partial charge in [-0.15, -0.1) is 0 Å². The Balaban J connectivity index is 1.69. The molecule has 1 amide bonds. The van der Waals surface area contributed by atoms with Crippen molar-refractivity contribution in [1.29, 1.82) is 0 Å². The highest BCUT2D eigenvalue weighted by atomic mass is 16.3.